The highest BCUT2D eigenvalue weighted by Gasteiger charge is 2.16. The number of aryl methyl sites for hydroxylation is 2. The van der Waals surface area contributed by atoms with Gasteiger partial charge in [0.15, 0.2) is 5.69 Å². The molecule has 0 radical (unpaired) electrons. The lowest BCUT2D eigenvalue weighted by atomic mass is 10.1. The monoisotopic (exact) mass is 275 g/mol. The Morgan fingerprint density at radius 1 is 1.45 bits per heavy atom. The molecule has 0 aliphatic heterocycles. The van der Waals surface area contributed by atoms with Crippen LogP contribution in [0.2, 0.25) is 0 Å². The summed E-state index contributed by atoms with van der Waals surface area (Å²) >= 11 is 0. The van der Waals surface area contributed by atoms with Crippen molar-refractivity contribution in [3.63, 3.8) is 0 Å². The Balaban J connectivity index is 2.11. The zero-order valence-corrected chi connectivity index (χ0v) is 11.4. The Morgan fingerprint density at radius 2 is 2.20 bits per heavy atom. The van der Waals surface area contributed by atoms with Crippen LogP contribution in [0.5, 0.6) is 0 Å². The number of anilines is 1. The lowest BCUT2D eigenvalue weighted by Crippen LogP contribution is -2.16. The van der Waals surface area contributed by atoms with Crippen molar-refractivity contribution < 1.29 is 14.3 Å². The summed E-state index contributed by atoms with van der Waals surface area (Å²) in [5.41, 5.74) is 8.62. The number of nitrogens with zero attached hydrogens (tertiary/aromatic N) is 1. The van der Waals surface area contributed by atoms with Crippen molar-refractivity contribution in [1.29, 1.82) is 0 Å². The Bertz CT molecular complexity index is 622. The van der Waals surface area contributed by atoms with Crippen LogP contribution in [0.15, 0.2) is 28.9 Å². The van der Waals surface area contributed by atoms with Gasteiger partial charge in [0.2, 0.25) is 5.89 Å². The molecule has 6 heteroatoms. The van der Waals surface area contributed by atoms with Crippen molar-refractivity contribution in [3.8, 4) is 0 Å². The molecular formula is C14H17N3O3. The number of aliphatic hydroxyl groups is 1. The van der Waals surface area contributed by atoms with Gasteiger partial charge in [-0.15, -0.1) is 0 Å². The first-order valence-electron chi connectivity index (χ1n) is 6.21. The fourth-order valence-electron chi connectivity index (χ4n) is 1.65. The summed E-state index contributed by atoms with van der Waals surface area (Å²) in [4.78, 5) is 16.0. The average Bonchev–Trinajstić information content (AvgIpc) is 2.92. The molecule has 1 aromatic heterocycles. The summed E-state index contributed by atoms with van der Waals surface area (Å²) in [5.74, 6) is -0.244. The SMILES string of the molecule is Cc1ccc(NC(=O)c2coc(C(N)CO)n2)cc1C. The van der Waals surface area contributed by atoms with Gasteiger partial charge in [-0.1, -0.05) is 6.07 Å². The quantitative estimate of drug-likeness (QED) is 0.785. The molecule has 20 heavy (non-hydrogen) atoms. The zero-order chi connectivity index (χ0) is 14.7. The molecule has 106 valence electrons. The summed E-state index contributed by atoms with van der Waals surface area (Å²) in [6.45, 7) is 3.68. The van der Waals surface area contributed by atoms with Crippen LogP contribution in [0.4, 0.5) is 5.69 Å². The first kappa shape index (κ1) is 14.2. The third-order valence-corrected chi connectivity index (χ3v) is 3.03. The van der Waals surface area contributed by atoms with Crippen LogP contribution in [0.1, 0.15) is 33.5 Å². The largest absolute Gasteiger partial charge is 0.446 e. The van der Waals surface area contributed by atoms with Gasteiger partial charge >= 0.3 is 0 Å². The van der Waals surface area contributed by atoms with E-state index >= 15 is 0 Å². The van der Waals surface area contributed by atoms with Crippen molar-refractivity contribution in [2.75, 3.05) is 11.9 Å². The Kier molecular flexibility index (Phi) is 4.16. The summed E-state index contributed by atoms with van der Waals surface area (Å²) < 4.78 is 5.06. The Hall–Kier alpha value is -2.18. The molecule has 0 aliphatic rings. The van der Waals surface area contributed by atoms with Crippen molar-refractivity contribution in [1.82, 2.24) is 4.98 Å². The number of amides is 1. The Labute approximate surface area is 116 Å². The zero-order valence-electron chi connectivity index (χ0n) is 11.4. The molecule has 0 bridgehead atoms. The van der Waals surface area contributed by atoms with Gasteiger partial charge in [-0.2, -0.15) is 0 Å². The molecule has 6 nitrogen and oxygen atoms in total. The molecule has 1 unspecified atom stereocenters. The van der Waals surface area contributed by atoms with E-state index in [0.717, 1.165) is 11.1 Å². The van der Waals surface area contributed by atoms with E-state index in [4.69, 9.17) is 15.3 Å². The van der Waals surface area contributed by atoms with E-state index in [2.05, 4.69) is 10.3 Å². The Morgan fingerprint density at radius 3 is 2.85 bits per heavy atom. The molecule has 1 aromatic carbocycles. The summed E-state index contributed by atoms with van der Waals surface area (Å²) in [6.07, 6.45) is 1.22. The standard InChI is InChI=1S/C14H17N3O3/c1-8-3-4-10(5-9(8)2)16-13(19)12-7-20-14(17-12)11(15)6-18/h3-5,7,11,18H,6,15H2,1-2H3,(H,16,19). The average molecular weight is 275 g/mol. The van der Waals surface area contributed by atoms with Gasteiger partial charge < -0.3 is 20.6 Å². The van der Waals surface area contributed by atoms with Gasteiger partial charge in [-0.25, -0.2) is 4.98 Å². The molecule has 2 aromatic rings. The molecular weight excluding hydrogens is 258 g/mol. The fraction of sp³-hybridized carbons (Fsp3) is 0.286. The second kappa shape index (κ2) is 5.85. The number of oxazole rings is 1. The van der Waals surface area contributed by atoms with Crippen LogP contribution in [0.25, 0.3) is 0 Å². The molecule has 4 N–H and O–H groups in total. The lowest BCUT2D eigenvalue weighted by molar-refractivity contribution is 0.102. The minimum atomic E-state index is -0.724. The van der Waals surface area contributed by atoms with Crippen molar-refractivity contribution in [2.45, 2.75) is 19.9 Å². The molecule has 0 fully saturated rings. The van der Waals surface area contributed by atoms with Crippen LogP contribution in [-0.2, 0) is 0 Å². The van der Waals surface area contributed by atoms with Crippen LogP contribution in [0, 0.1) is 13.8 Å². The highest BCUT2D eigenvalue weighted by molar-refractivity contribution is 6.02. The van der Waals surface area contributed by atoms with Crippen LogP contribution in [0.3, 0.4) is 0 Å². The van der Waals surface area contributed by atoms with Gasteiger partial charge in [0.1, 0.15) is 12.3 Å². The summed E-state index contributed by atoms with van der Waals surface area (Å²) in [5, 5.41) is 11.6. The maximum atomic E-state index is 12.0. The van der Waals surface area contributed by atoms with Crippen molar-refractivity contribution in [2.24, 2.45) is 5.73 Å². The number of aliphatic hydroxyl groups excluding tert-OH is 1. The minimum Gasteiger partial charge on any atom is -0.446 e. The molecule has 1 atom stereocenters. The maximum absolute atomic E-state index is 12.0. The van der Waals surface area contributed by atoms with E-state index in [-0.39, 0.29) is 24.1 Å². The number of aromatic nitrogens is 1. The highest BCUT2D eigenvalue weighted by Crippen LogP contribution is 2.16. The van der Waals surface area contributed by atoms with E-state index in [1.165, 1.54) is 6.26 Å². The van der Waals surface area contributed by atoms with E-state index in [1.807, 2.05) is 32.0 Å². The number of nitrogens with two attached hydrogens (primary N) is 1. The van der Waals surface area contributed by atoms with Gasteiger partial charge in [0, 0.05) is 5.69 Å². The van der Waals surface area contributed by atoms with Gasteiger partial charge in [0.25, 0.3) is 5.91 Å². The van der Waals surface area contributed by atoms with E-state index < -0.39 is 6.04 Å². The molecule has 2 rings (SSSR count). The number of nitrogens with one attached hydrogen (secondary N) is 1. The number of rotatable bonds is 4. The predicted octanol–water partition coefficient (Wildman–Crippen LogP) is 1.54. The maximum Gasteiger partial charge on any atom is 0.277 e. The van der Waals surface area contributed by atoms with Crippen LogP contribution in [-0.4, -0.2) is 22.6 Å². The molecule has 0 saturated heterocycles. The first-order valence-corrected chi connectivity index (χ1v) is 6.21. The van der Waals surface area contributed by atoms with E-state index in [0.29, 0.717) is 5.69 Å². The number of hydrogen-bond donors (Lipinski definition) is 3. The second-order valence-corrected chi connectivity index (χ2v) is 4.61. The molecule has 0 spiro atoms. The van der Waals surface area contributed by atoms with Gasteiger partial charge in [0.05, 0.1) is 6.61 Å². The number of hydrogen-bond acceptors (Lipinski definition) is 5. The highest BCUT2D eigenvalue weighted by atomic mass is 16.3. The second-order valence-electron chi connectivity index (χ2n) is 4.61. The smallest absolute Gasteiger partial charge is 0.277 e. The minimum absolute atomic E-state index is 0.127. The van der Waals surface area contributed by atoms with Crippen molar-refractivity contribution in [3.05, 3.63) is 47.2 Å². The first-order chi connectivity index (χ1) is 9.51. The summed E-state index contributed by atoms with van der Waals surface area (Å²) in [7, 11) is 0. The topological polar surface area (TPSA) is 101 Å². The molecule has 1 amide bonds. The van der Waals surface area contributed by atoms with E-state index in [1.54, 1.807) is 0 Å². The third-order valence-electron chi connectivity index (χ3n) is 3.03. The van der Waals surface area contributed by atoms with Crippen molar-refractivity contribution >= 4 is 11.6 Å². The summed E-state index contributed by atoms with van der Waals surface area (Å²) in [6, 6.07) is 4.91. The normalized spacial score (nSPS) is 12.2. The number of benzene rings is 1. The van der Waals surface area contributed by atoms with Gasteiger partial charge in [-0.05, 0) is 37.1 Å². The predicted molar refractivity (Wildman–Crippen MR) is 74.4 cm³/mol. The lowest BCUT2D eigenvalue weighted by Gasteiger charge is -2.06. The molecule has 0 aliphatic carbocycles. The number of carbonyl (C=O) groups is 1. The fourth-order valence-corrected chi connectivity index (χ4v) is 1.65. The molecule has 1 heterocycles. The molecule has 0 saturated carbocycles. The van der Waals surface area contributed by atoms with Crippen LogP contribution >= 0.6 is 0 Å². The van der Waals surface area contributed by atoms with Crippen LogP contribution < -0.4 is 11.1 Å². The van der Waals surface area contributed by atoms with Gasteiger partial charge in [-0.3, -0.25) is 4.79 Å². The number of carbonyl (C=O) groups excluding carboxylic acids is 1. The van der Waals surface area contributed by atoms with E-state index in [9.17, 15) is 4.79 Å². The third kappa shape index (κ3) is 3.04.